The number of halogens is 1. The quantitative estimate of drug-likeness (QED) is 0.615. The summed E-state index contributed by atoms with van der Waals surface area (Å²) in [4.78, 5) is 13.6. The molecule has 0 saturated carbocycles. The van der Waals surface area contributed by atoms with Gasteiger partial charge in [-0.3, -0.25) is 15.1 Å². The molecule has 0 radical (unpaired) electrons. The zero-order valence-corrected chi connectivity index (χ0v) is 7.48. The number of aliphatic hydroxyl groups is 1. The van der Waals surface area contributed by atoms with E-state index in [4.69, 9.17) is 5.11 Å². The lowest BCUT2D eigenvalue weighted by atomic mass is 10.2. The molecule has 0 aliphatic carbocycles. The first-order valence-electron chi connectivity index (χ1n) is 3.04. The molecule has 1 aromatic rings. The highest BCUT2D eigenvalue weighted by Gasteiger charge is 2.17. The van der Waals surface area contributed by atoms with Crippen LogP contribution in [0, 0.1) is 10.1 Å². The first-order valence-corrected chi connectivity index (χ1v) is 3.83. The van der Waals surface area contributed by atoms with E-state index in [1.165, 1.54) is 12.4 Å². The highest BCUT2D eigenvalue weighted by Crippen LogP contribution is 2.26. The van der Waals surface area contributed by atoms with Gasteiger partial charge in [-0.2, -0.15) is 0 Å². The van der Waals surface area contributed by atoms with Gasteiger partial charge in [0.15, 0.2) is 0 Å². The van der Waals surface area contributed by atoms with Gasteiger partial charge < -0.3 is 5.11 Å². The summed E-state index contributed by atoms with van der Waals surface area (Å²) in [5.74, 6) is 0. The van der Waals surface area contributed by atoms with Crippen molar-refractivity contribution in [2.24, 2.45) is 0 Å². The second-order valence-electron chi connectivity index (χ2n) is 2.04. The smallest absolute Gasteiger partial charge is 0.292 e. The molecule has 6 heteroatoms. The molecule has 0 aliphatic heterocycles. The van der Waals surface area contributed by atoms with Crippen LogP contribution in [0.25, 0.3) is 0 Å². The monoisotopic (exact) mass is 232 g/mol. The van der Waals surface area contributed by atoms with Crippen LogP contribution in [0.2, 0.25) is 0 Å². The summed E-state index contributed by atoms with van der Waals surface area (Å²) in [6.07, 6.45) is 2.58. The summed E-state index contributed by atoms with van der Waals surface area (Å²) in [7, 11) is 0. The van der Waals surface area contributed by atoms with Crippen LogP contribution in [0.15, 0.2) is 16.9 Å². The van der Waals surface area contributed by atoms with Crippen molar-refractivity contribution in [3.63, 3.8) is 0 Å². The van der Waals surface area contributed by atoms with Crippen molar-refractivity contribution < 1.29 is 10.0 Å². The Hall–Kier alpha value is -1.01. The molecule has 1 rings (SSSR count). The maximum Gasteiger partial charge on any atom is 0.292 e. The summed E-state index contributed by atoms with van der Waals surface area (Å²) in [5.41, 5.74) is 0.0712. The average molecular weight is 233 g/mol. The SMILES string of the molecule is O=[N+]([O-])c1c(Br)cncc1CO. The van der Waals surface area contributed by atoms with Gasteiger partial charge in [-0.15, -0.1) is 0 Å². The van der Waals surface area contributed by atoms with Crippen molar-refractivity contribution in [2.75, 3.05) is 0 Å². The predicted molar refractivity (Wildman–Crippen MR) is 44.5 cm³/mol. The van der Waals surface area contributed by atoms with Crippen molar-refractivity contribution in [3.05, 3.63) is 32.5 Å². The molecule has 0 saturated heterocycles. The Bertz CT molecular complexity index is 316. The Kier molecular flexibility index (Phi) is 2.72. The van der Waals surface area contributed by atoms with E-state index in [1.54, 1.807) is 0 Å². The van der Waals surface area contributed by atoms with E-state index in [-0.39, 0.29) is 22.3 Å². The van der Waals surface area contributed by atoms with E-state index in [2.05, 4.69) is 20.9 Å². The normalized spacial score (nSPS) is 9.83. The zero-order chi connectivity index (χ0) is 9.14. The standard InChI is InChI=1S/C6H5BrN2O3/c7-5-2-8-1-4(3-10)6(5)9(11)12/h1-2,10H,3H2. The van der Waals surface area contributed by atoms with Crippen LogP contribution < -0.4 is 0 Å². The third kappa shape index (κ3) is 1.59. The van der Waals surface area contributed by atoms with Crippen molar-refractivity contribution >= 4 is 21.6 Å². The topological polar surface area (TPSA) is 76.3 Å². The molecule has 64 valence electrons. The molecule has 1 aromatic heterocycles. The molecule has 0 spiro atoms. The van der Waals surface area contributed by atoms with Crippen LogP contribution in [0.3, 0.4) is 0 Å². The maximum absolute atomic E-state index is 10.4. The molecule has 0 fully saturated rings. The summed E-state index contributed by atoms with van der Waals surface area (Å²) < 4.78 is 0.277. The van der Waals surface area contributed by atoms with Crippen molar-refractivity contribution in [1.29, 1.82) is 0 Å². The number of nitrogens with zero attached hydrogens (tertiary/aromatic N) is 2. The third-order valence-electron chi connectivity index (χ3n) is 1.30. The number of aliphatic hydroxyl groups excluding tert-OH is 1. The first-order chi connectivity index (χ1) is 5.66. The van der Waals surface area contributed by atoms with Crippen LogP contribution in [0.5, 0.6) is 0 Å². The average Bonchev–Trinajstić information content (AvgIpc) is 2.03. The van der Waals surface area contributed by atoms with Crippen LogP contribution >= 0.6 is 15.9 Å². The van der Waals surface area contributed by atoms with Crippen LogP contribution in [0.1, 0.15) is 5.56 Å². The van der Waals surface area contributed by atoms with Gasteiger partial charge in [0.2, 0.25) is 0 Å². The van der Waals surface area contributed by atoms with Crippen LogP contribution in [-0.4, -0.2) is 15.0 Å². The minimum absolute atomic E-state index is 0.132. The minimum atomic E-state index is -0.558. The number of rotatable bonds is 2. The lowest BCUT2D eigenvalue weighted by Crippen LogP contribution is -1.97. The van der Waals surface area contributed by atoms with E-state index < -0.39 is 4.92 Å². The molecule has 5 nitrogen and oxygen atoms in total. The first kappa shape index (κ1) is 9.08. The molecule has 0 bridgehead atoms. The van der Waals surface area contributed by atoms with Crippen molar-refractivity contribution in [3.8, 4) is 0 Å². The molecule has 1 heterocycles. The second-order valence-corrected chi connectivity index (χ2v) is 2.90. The predicted octanol–water partition coefficient (Wildman–Crippen LogP) is 1.24. The van der Waals surface area contributed by atoms with E-state index in [0.29, 0.717) is 0 Å². The number of pyridine rings is 1. The largest absolute Gasteiger partial charge is 0.391 e. The fourth-order valence-corrected chi connectivity index (χ4v) is 1.31. The Morgan fingerprint density at radius 3 is 2.75 bits per heavy atom. The lowest BCUT2D eigenvalue weighted by Gasteiger charge is -1.98. The van der Waals surface area contributed by atoms with Crippen molar-refractivity contribution in [1.82, 2.24) is 4.98 Å². The maximum atomic E-state index is 10.4. The van der Waals surface area contributed by atoms with Gasteiger partial charge in [0.05, 0.1) is 17.1 Å². The Morgan fingerprint density at radius 1 is 1.67 bits per heavy atom. The Labute approximate surface area is 76.3 Å². The second kappa shape index (κ2) is 3.59. The lowest BCUT2D eigenvalue weighted by molar-refractivity contribution is -0.386. The minimum Gasteiger partial charge on any atom is -0.391 e. The molecule has 0 aliphatic rings. The third-order valence-corrected chi connectivity index (χ3v) is 1.88. The van der Waals surface area contributed by atoms with E-state index in [1.807, 2.05) is 0 Å². The highest BCUT2D eigenvalue weighted by atomic mass is 79.9. The molecule has 0 amide bonds. The summed E-state index contributed by atoms with van der Waals surface area (Å²) in [6.45, 7) is -0.386. The molecule has 0 atom stereocenters. The molecule has 0 unspecified atom stereocenters. The Morgan fingerprint density at radius 2 is 2.33 bits per heavy atom. The van der Waals surface area contributed by atoms with Gasteiger partial charge in [-0.05, 0) is 15.9 Å². The Balaban J connectivity index is 3.29. The number of hydrogen-bond acceptors (Lipinski definition) is 4. The molecule has 1 N–H and O–H groups in total. The van der Waals surface area contributed by atoms with Gasteiger partial charge in [0, 0.05) is 12.4 Å². The molecular formula is C6H5BrN2O3. The van der Waals surface area contributed by atoms with Crippen LogP contribution in [0.4, 0.5) is 5.69 Å². The van der Waals surface area contributed by atoms with E-state index >= 15 is 0 Å². The summed E-state index contributed by atoms with van der Waals surface area (Å²) in [6, 6.07) is 0. The van der Waals surface area contributed by atoms with E-state index in [9.17, 15) is 10.1 Å². The molecular weight excluding hydrogens is 228 g/mol. The highest BCUT2D eigenvalue weighted by molar-refractivity contribution is 9.10. The van der Waals surface area contributed by atoms with Gasteiger partial charge in [-0.25, -0.2) is 0 Å². The molecule has 12 heavy (non-hydrogen) atoms. The summed E-state index contributed by atoms with van der Waals surface area (Å²) in [5, 5.41) is 19.2. The van der Waals surface area contributed by atoms with Gasteiger partial charge in [0.1, 0.15) is 4.47 Å². The van der Waals surface area contributed by atoms with Crippen LogP contribution in [-0.2, 0) is 6.61 Å². The number of hydrogen-bond donors (Lipinski definition) is 1. The van der Waals surface area contributed by atoms with Gasteiger partial charge in [-0.1, -0.05) is 0 Å². The van der Waals surface area contributed by atoms with Crippen molar-refractivity contribution in [2.45, 2.75) is 6.61 Å². The number of aromatic nitrogens is 1. The van der Waals surface area contributed by atoms with E-state index in [0.717, 1.165) is 0 Å². The number of nitro groups is 1. The fourth-order valence-electron chi connectivity index (χ4n) is 0.789. The molecule has 0 aromatic carbocycles. The zero-order valence-electron chi connectivity index (χ0n) is 5.90. The fraction of sp³-hybridized carbons (Fsp3) is 0.167. The summed E-state index contributed by atoms with van der Waals surface area (Å²) >= 11 is 2.97. The van der Waals surface area contributed by atoms with Gasteiger partial charge >= 0.3 is 0 Å². The van der Waals surface area contributed by atoms with Gasteiger partial charge in [0.25, 0.3) is 5.69 Å².